The molecule has 2 amide bonds. The van der Waals surface area contributed by atoms with Gasteiger partial charge < -0.3 is 9.80 Å². The zero-order chi connectivity index (χ0) is 23.6. The highest BCUT2D eigenvalue weighted by molar-refractivity contribution is 5.95. The second-order valence-electron chi connectivity index (χ2n) is 8.97. The summed E-state index contributed by atoms with van der Waals surface area (Å²) >= 11 is 0. The van der Waals surface area contributed by atoms with Crippen LogP contribution in [0.4, 0.5) is 13.2 Å². The number of carbonyl (C=O) groups excluding carboxylic acids is 2. The molecule has 9 heteroatoms. The van der Waals surface area contributed by atoms with Crippen LogP contribution >= 0.6 is 0 Å². The summed E-state index contributed by atoms with van der Waals surface area (Å²) in [6, 6.07) is 4.87. The summed E-state index contributed by atoms with van der Waals surface area (Å²) in [4.78, 5) is 29.1. The lowest BCUT2D eigenvalue weighted by atomic mass is 10.0. The SMILES string of the molecule is Cc1c(C(=O)N2CCN(C(=O)CCC3CCCC3)CC2)cnn1-c1cccc(C(F)(F)F)c1. The Hall–Kier alpha value is -2.84. The first kappa shape index (κ1) is 23.3. The number of amides is 2. The molecular weight excluding hydrogens is 433 g/mol. The number of hydrogen-bond donors (Lipinski definition) is 0. The van der Waals surface area contributed by atoms with Gasteiger partial charge in [-0.05, 0) is 37.5 Å². The first-order valence-electron chi connectivity index (χ1n) is 11.5. The summed E-state index contributed by atoms with van der Waals surface area (Å²) in [7, 11) is 0. The molecule has 4 rings (SSSR count). The predicted octanol–water partition coefficient (Wildman–Crippen LogP) is 4.45. The molecule has 178 valence electrons. The molecule has 33 heavy (non-hydrogen) atoms. The smallest absolute Gasteiger partial charge is 0.339 e. The minimum atomic E-state index is -4.45. The van der Waals surface area contributed by atoms with Crippen LogP contribution in [0.5, 0.6) is 0 Å². The number of rotatable bonds is 5. The lowest BCUT2D eigenvalue weighted by Crippen LogP contribution is -2.50. The topological polar surface area (TPSA) is 58.4 Å². The van der Waals surface area contributed by atoms with Crippen LogP contribution in [0.1, 0.15) is 60.1 Å². The van der Waals surface area contributed by atoms with Crippen LogP contribution in [-0.4, -0.2) is 57.6 Å². The Morgan fingerprint density at radius 2 is 1.73 bits per heavy atom. The largest absolute Gasteiger partial charge is 0.416 e. The fourth-order valence-corrected chi connectivity index (χ4v) is 4.81. The molecule has 2 aliphatic rings. The van der Waals surface area contributed by atoms with E-state index in [0.717, 1.165) is 18.6 Å². The molecule has 0 radical (unpaired) electrons. The zero-order valence-electron chi connectivity index (χ0n) is 18.8. The molecule has 1 aromatic heterocycles. The van der Waals surface area contributed by atoms with Gasteiger partial charge in [-0.2, -0.15) is 18.3 Å². The van der Waals surface area contributed by atoms with E-state index in [1.54, 1.807) is 11.8 Å². The van der Waals surface area contributed by atoms with Gasteiger partial charge in [0.25, 0.3) is 5.91 Å². The molecule has 6 nitrogen and oxygen atoms in total. The van der Waals surface area contributed by atoms with Crippen molar-refractivity contribution in [2.24, 2.45) is 5.92 Å². The molecule has 2 fully saturated rings. The Labute approximate surface area is 191 Å². The van der Waals surface area contributed by atoms with Gasteiger partial charge in [0.2, 0.25) is 5.91 Å². The van der Waals surface area contributed by atoms with E-state index in [1.807, 2.05) is 4.90 Å². The highest BCUT2D eigenvalue weighted by atomic mass is 19.4. The van der Waals surface area contributed by atoms with Crippen molar-refractivity contribution < 1.29 is 22.8 Å². The standard InChI is InChI=1S/C24H29F3N4O2/c1-17-21(16-28-31(17)20-8-4-7-19(15-20)24(25,26)27)23(33)30-13-11-29(12-14-30)22(32)10-9-18-5-2-3-6-18/h4,7-8,15-16,18H,2-3,5-6,9-14H2,1H3. The van der Waals surface area contributed by atoms with Crippen molar-refractivity contribution in [2.75, 3.05) is 26.2 Å². The number of benzene rings is 1. The van der Waals surface area contributed by atoms with Crippen LogP contribution < -0.4 is 0 Å². The number of nitrogens with zero attached hydrogens (tertiary/aromatic N) is 4. The second-order valence-corrected chi connectivity index (χ2v) is 8.97. The lowest BCUT2D eigenvalue weighted by molar-refractivity contribution is -0.137. The molecule has 0 atom stereocenters. The third-order valence-electron chi connectivity index (χ3n) is 6.82. The number of halogens is 3. The van der Waals surface area contributed by atoms with Crippen LogP contribution in [0.15, 0.2) is 30.5 Å². The maximum Gasteiger partial charge on any atom is 0.416 e. The summed E-state index contributed by atoms with van der Waals surface area (Å²) < 4.78 is 40.5. The maximum absolute atomic E-state index is 13.1. The molecular formula is C24H29F3N4O2. The van der Waals surface area contributed by atoms with Gasteiger partial charge in [-0.3, -0.25) is 9.59 Å². The van der Waals surface area contributed by atoms with E-state index in [2.05, 4.69) is 5.10 Å². The lowest BCUT2D eigenvalue weighted by Gasteiger charge is -2.35. The van der Waals surface area contributed by atoms with Gasteiger partial charge in [-0.1, -0.05) is 31.7 Å². The van der Waals surface area contributed by atoms with E-state index in [-0.39, 0.29) is 17.5 Å². The van der Waals surface area contributed by atoms with E-state index in [0.29, 0.717) is 49.8 Å². The molecule has 0 spiro atoms. The summed E-state index contributed by atoms with van der Waals surface area (Å²) in [5, 5.41) is 4.17. The van der Waals surface area contributed by atoms with Crippen molar-refractivity contribution in [3.8, 4) is 5.69 Å². The molecule has 1 saturated carbocycles. The highest BCUT2D eigenvalue weighted by Crippen LogP contribution is 2.31. The van der Waals surface area contributed by atoms with Gasteiger partial charge >= 0.3 is 6.18 Å². The maximum atomic E-state index is 13.1. The van der Waals surface area contributed by atoms with Gasteiger partial charge in [-0.25, -0.2) is 4.68 Å². The van der Waals surface area contributed by atoms with Crippen LogP contribution in [0.25, 0.3) is 5.69 Å². The predicted molar refractivity (Wildman–Crippen MR) is 117 cm³/mol. The van der Waals surface area contributed by atoms with E-state index >= 15 is 0 Å². The number of aromatic nitrogens is 2. The van der Waals surface area contributed by atoms with Crippen molar-refractivity contribution in [1.82, 2.24) is 19.6 Å². The molecule has 1 aliphatic carbocycles. The minimum Gasteiger partial charge on any atom is -0.339 e. The van der Waals surface area contributed by atoms with Crippen molar-refractivity contribution >= 4 is 11.8 Å². The Balaban J connectivity index is 1.37. The molecule has 2 aromatic rings. The van der Waals surface area contributed by atoms with Gasteiger partial charge in [-0.15, -0.1) is 0 Å². The van der Waals surface area contributed by atoms with Crippen LogP contribution in [0.2, 0.25) is 0 Å². The number of carbonyl (C=O) groups is 2. The average Bonchev–Trinajstić information content (AvgIpc) is 3.46. The van der Waals surface area contributed by atoms with E-state index in [1.165, 1.54) is 48.7 Å². The first-order valence-corrected chi connectivity index (χ1v) is 11.5. The molecule has 0 bridgehead atoms. The third-order valence-corrected chi connectivity index (χ3v) is 6.82. The zero-order valence-corrected chi connectivity index (χ0v) is 18.8. The second kappa shape index (κ2) is 9.57. The number of alkyl halides is 3. The van der Waals surface area contributed by atoms with Crippen LogP contribution in [0, 0.1) is 12.8 Å². The van der Waals surface area contributed by atoms with Gasteiger partial charge in [0.1, 0.15) is 0 Å². The Morgan fingerprint density at radius 1 is 1.06 bits per heavy atom. The molecule has 0 unspecified atom stereocenters. The molecule has 1 aliphatic heterocycles. The summed E-state index contributed by atoms with van der Waals surface area (Å²) in [5.74, 6) is 0.611. The quantitative estimate of drug-likeness (QED) is 0.660. The summed E-state index contributed by atoms with van der Waals surface area (Å²) in [5.41, 5.74) is 0.318. The van der Waals surface area contributed by atoms with E-state index in [9.17, 15) is 22.8 Å². The first-order chi connectivity index (χ1) is 15.7. The van der Waals surface area contributed by atoms with E-state index < -0.39 is 11.7 Å². The average molecular weight is 463 g/mol. The fourth-order valence-electron chi connectivity index (χ4n) is 4.81. The van der Waals surface area contributed by atoms with Gasteiger partial charge in [0, 0.05) is 32.6 Å². The third kappa shape index (κ3) is 5.23. The van der Waals surface area contributed by atoms with Crippen molar-refractivity contribution in [1.29, 1.82) is 0 Å². The van der Waals surface area contributed by atoms with Crippen molar-refractivity contribution in [3.63, 3.8) is 0 Å². The summed E-state index contributed by atoms with van der Waals surface area (Å²) in [6.45, 7) is 3.53. The monoisotopic (exact) mass is 462 g/mol. The Bertz CT molecular complexity index is 1000. The highest BCUT2D eigenvalue weighted by Gasteiger charge is 2.31. The molecule has 0 N–H and O–H groups in total. The normalized spacial score (nSPS) is 17.6. The van der Waals surface area contributed by atoms with Crippen LogP contribution in [0.3, 0.4) is 0 Å². The van der Waals surface area contributed by atoms with E-state index in [4.69, 9.17) is 0 Å². The molecule has 1 saturated heterocycles. The van der Waals surface area contributed by atoms with Gasteiger partial charge in [0.05, 0.1) is 28.7 Å². The van der Waals surface area contributed by atoms with Crippen molar-refractivity contribution in [3.05, 3.63) is 47.3 Å². The number of piperazine rings is 1. The molecule has 1 aromatic carbocycles. The van der Waals surface area contributed by atoms with Gasteiger partial charge in [0.15, 0.2) is 0 Å². The van der Waals surface area contributed by atoms with Crippen LogP contribution in [-0.2, 0) is 11.0 Å². The number of hydrogen-bond acceptors (Lipinski definition) is 3. The fraction of sp³-hybridized carbons (Fsp3) is 0.542. The van der Waals surface area contributed by atoms with Crippen molar-refractivity contribution in [2.45, 2.75) is 51.6 Å². The summed E-state index contributed by atoms with van der Waals surface area (Å²) in [6.07, 6.45) is 3.45. The minimum absolute atomic E-state index is 0.155. The Kier molecular flexibility index (Phi) is 6.76. The Morgan fingerprint density at radius 3 is 2.39 bits per heavy atom. The molecule has 2 heterocycles.